The predicted molar refractivity (Wildman–Crippen MR) is 151 cm³/mol. The van der Waals surface area contributed by atoms with Crippen LogP contribution >= 0.6 is 34.9 Å². The number of nitrogens with one attached hydrogen (secondary N) is 2. The first-order valence-electron chi connectivity index (χ1n) is 11.7. The second-order valence-corrected chi connectivity index (χ2v) is 11.3. The number of nitrogen functional groups attached to an aromatic ring is 1. The molecule has 39 heavy (non-hydrogen) atoms. The van der Waals surface area contributed by atoms with E-state index >= 15 is 0 Å². The molecule has 0 radical (unpaired) electrons. The Kier molecular flexibility index (Phi) is 8.94. The van der Waals surface area contributed by atoms with Gasteiger partial charge in [-0.05, 0) is 12.5 Å². The monoisotopic (exact) mass is 593 g/mol. The number of hydrogen-bond donors (Lipinski definition) is 5. The normalized spacial score (nSPS) is 23.2. The van der Waals surface area contributed by atoms with E-state index in [2.05, 4.69) is 27.0 Å². The fraction of sp³-hybridized carbons (Fsp3) is 0.409. The molecule has 3 aliphatic rings. The number of aromatic nitrogens is 1. The van der Waals surface area contributed by atoms with Crippen LogP contribution in [-0.4, -0.2) is 96.6 Å². The molecule has 0 aromatic carbocycles. The summed E-state index contributed by atoms with van der Waals surface area (Å²) in [5, 5.41) is 26.1. The van der Waals surface area contributed by atoms with Crippen molar-refractivity contribution in [3.8, 4) is 0 Å². The maximum absolute atomic E-state index is 13.1. The van der Waals surface area contributed by atoms with Crippen LogP contribution in [0, 0.1) is 5.41 Å². The van der Waals surface area contributed by atoms with Gasteiger partial charge < -0.3 is 31.6 Å². The summed E-state index contributed by atoms with van der Waals surface area (Å²) < 4.78 is 0. The number of nitrogens with zero attached hydrogens (tertiary/aromatic N) is 5. The van der Waals surface area contributed by atoms with E-state index in [1.54, 1.807) is 23.3 Å². The minimum atomic E-state index is -1.25. The Morgan fingerprint density at radius 1 is 1.49 bits per heavy atom. The van der Waals surface area contributed by atoms with E-state index < -0.39 is 35.4 Å². The van der Waals surface area contributed by atoms with Gasteiger partial charge in [0, 0.05) is 29.9 Å². The zero-order valence-corrected chi connectivity index (χ0v) is 23.3. The van der Waals surface area contributed by atoms with Gasteiger partial charge in [-0.15, -0.1) is 29.7 Å². The number of anilines is 1. The molecule has 7 N–H and O–H groups in total. The molecule has 2 unspecified atom stereocenters. The van der Waals surface area contributed by atoms with Crippen LogP contribution in [0.25, 0.3) is 0 Å². The number of thioether (sulfide) groups is 2. The van der Waals surface area contributed by atoms with Crippen molar-refractivity contribution < 1.29 is 24.3 Å². The summed E-state index contributed by atoms with van der Waals surface area (Å²) in [6.45, 7) is 6.07. The van der Waals surface area contributed by atoms with E-state index in [4.69, 9.17) is 21.7 Å². The van der Waals surface area contributed by atoms with Gasteiger partial charge in [-0.25, -0.2) is 14.8 Å². The van der Waals surface area contributed by atoms with Crippen molar-refractivity contribution in [1.82, 2.24) is 20.1 Å². The fourth-order valence-corrected chi connectivity index (χ4v) is 7.14. The number of β-lactam (4-membered cyclic amide) rings is 1. The minimum Gasteiger partial charge on any atom is -0.477 e. The van der Waals surface area contributed by atoms with Gasteiger partial charge in [0.2, 0.25) is 0 Å². The van der Waals surface area contributed by atoms with Crippen molar-refractivity contribution in [2.75, 3.05) is 30.4 Å². The van der Waals surface area contributed by atoms with Crippen molar-refractivity contribution >= 4 is 74.5 Å². The Labute approximate surface area is 236 Å². The highest BCUT2D eigenvalue weighted by atomic mass is 32.2. The number of thiazole rings is 1. The van der Waals surface area contributed by atoms with Gasteiger partial charge in [0.05, 0.1) is 6.17 Å². The average Bonchev–Trinajstić information content (AvgIpc) is 3.32. The standard InChI is InChI=1S/C22H27N9O5S3/c1-3-5-30-13(24)6-12(23)27-22(30)39-8-10-7-37-19-15(18(33)31(19)16(10)20(34)35)28-17(32)14(29-36-4-2)11-9-38-21(25)26-11/h3,9,13,15,19,23H,1,4-8,24H2,2H3,(H2,25,26)(H,28,32)(H,34,35)/t13?,15?,19-/m0/s1. The van der Waals surface area contributed by atoms with Gasteiger partial charge >= 0.3 is 5.97 Å². The zero-order valence-electron chi connectivity index (χ0n) is 20.8. The van der Waals surface area contributed by atoms with E-state index in [1.807, 2.05) is 0 Å². The van der Waals surface area contributed by atoms with E-state index in [1.165, 1.54) is 28.4 Å². The number of nitrogens with two attached hydrogens (primary N) is 2. The number of aliphatic imine (C=N–C) groups is 1. The number of aliphatic carboxylic acids is 1. The van der Waals surface area contributed by atoms with Gasteiger partial charge in [-0.3, -0.25) is 19.9 Å². The Morgan fingerprint density at radius 2 is 2.26 bits per heavy atom. The third-order valence-electron chi connectivity index (χ3n) is 5.78. The molecule has 1 saturated heterocycles. The van der Waals surface area contributed by atoms with Crippen molar-refractivity contribution in [2.45, 2.75) is 30.9 Å². The lowest BCUT2D eigenvalue weighted by Crippen LogP contribution is -2.71. The second-order valence-electron chi connectivity index (χ2n) is 8.39. The maximum Gasteiger partial charge on any atom is 0.352 e. The van der Waals surface area contributed by atoms with Gasteiger partial charge in [0.15, 0.2) is 16.0 Å². The predicted octanol–water partition coefficient (Wildman–Crippen LogP) is 0.447. The second kappa shape index (κ2) is 12.2. The van der Waals surface area contributed by atoms with E-state index in [0.29, 0.717) is 29.5 Å². The van der Waals surface area contributed by atoms with Crippen LogP contribution < -0.4 is 16.8 Å². The van der Waals surface area contributed by atoms with Crippen molar-refractivity contribution in [3.05, 3.63) is 35.0 Å². The lowest BCUT2D eigenvalue weighted by molar-refractivity contribution is -0.150. The Morgan fingerprint density at radius 3 is 2.90 bits per heavy atom. The largest absolute Gasteiger partial charge is 0.477 e. The molecule has 14 nitrogen and oxygen atoms in total. The molecule has 17 heteroatoms. The van der Waals surface area contributed by atoms with Gasteiger partial charge in [-0.1, -0.05) is 23.0 Å². The molecule has 0 spiro atoms. The van der Waals surface area contributed by atoms with Gasteiger partial charge in [0.1, 0.15) is 35.2 Å². The fourth-order valence-electron chi connectivity index (χ4n) is 4.03. The van der Waals surface area contributed by atoms with E-state index in [0.717, 1.165) is 11.3 Å². The third kappa shape index (κ3) is 5.95. The smallest absolute Gasteiger partial charge is 0.352 e. The summed E-state index contributed by atoms with van der Waals surface area (Å²) in [5.74, 6) is -1.81. The lowest BCUT2D eigenvalue weighted by atomic mass is 10.0. The minimum absolute atomic E-state index is 0.122. The van der Waals surface area contributed by atoms with E-state index in [9.17, 15) is 19.5 Å². The van der Waals surface area contributed by atoms with Crippen LogP contribution in [0.3, 0.4) is 0 Å². The Bertz CT molecular complexity index is 1290. The quantitative estimate of drug-likeness (QED) is 0.109. The van der Waals surface area contributed by atoms with Crippen molar-refractivity contribution in [1.29, 1.82) is 5.41 Å². The number of amidine groups is 2. The SMILES string of the molecule is C=CCN1C(SCC2=C(C(=O)O)N3C(=O)C(NC(=O)C(=NOCC)c4csc(N)n4)[C@@H]3SC2)=NC(=N)CC1N. The zero-order chi connectivity index (χ0) is 28.3. The summed E-state index contributed by atoms with van der Waals surface area (Å²) in [4.78, 5) is 54.7. The Hall–Kier alpha value is -3.41. The summed E-state index contributed by atoms with van der Waals surface area (Å²) in [6.07, 6.45) is 1.53. The first kappa shape index (κ1) is 28.6. The number of carbonyl (C=O) groups excluding carboxylic acids is 2. The van der Waals surface area contributed by atoms with E-state index in [-0.39, 0.29) is 40.4 Å². The molecular formula is C22H27N9O5S3. The molecule has 0 aliphatic carbocycles. The number of carbonyl (C=O) groups is 3. The maximum atomic E-state index is 13.1. The summed E-state index contributed by atoms with van der Waals surface area (Å²) in [5.41, 5.74) is 12.3. The number of carboxylic acid groups (broad SMARTS) is 1. The topological polar surface area (TPSA) is 213 Å². The van der Waals surface area contributed by atoms with Crippen LogP contribution in [0.2, 0.25) is 0 Å². The molecule has 1 aromatic heterocycles. The molecule has 3 aliphatic heterocycles. The lowest BCUT2D eigenvalue weighted by Gasteiger charge is -2.49. The molecule has 0 bridgehead atoms. The molecule has 4 heterocycles. The van der Waals surface area contributed by atoms with Gasteiger partial charge in [0.25, 0.3) is 11.8 Å². The molecule has 0 saturated carbocycles. The van der Waals surface area contributed by atoms with Crippen molar-refractivity contribution in [3.63, 3.8) is 0 Å². The number of rotatable bonds is 10. The van der Waals surface area contributed by atoms with Crippen LogP contribution in [0.5, 0.6) is 0 Å². The molecule has 4 rings (SSSR count). The first-order chi connectivity index (χ1) is 18.7. The number of oxime groups is 1. The number of carboxylic acids is 1. The molecular weight excluding hydrogens is 567 g/mol. The van der Waals surface area contributed by atoms with Crippen LogP contribution in [0.4, 0.5) is 5.13 Å². The molecule has 208 valence electrons. The molecule has 2 amide bonds. The highest BCUT2D eigenvalue weighted by Gasteiger charge is 2.54. The number of fused-ring (bicyclic) bond motifs is 1. The first-order valence-corrected chi connectivity index (χ1v) is 14.6. The van der Waals surface area contributed by atoms with Crippen molar-refractivity contribution in [2.24, 2.45) is 15.9 Å². The summed E-state index contributed by atoms with van der Waals surface area (Å²) >= 11 is 3.72. The third-order valence-corrected chi connectivity index (χ3v) is 8.87. The van der Waals surface area contributed by atoms with Crippen LogP contribution in [-0.2, 0) is 19.2 Å². The molecule has 1 fully saturated rings. The number of hydrogen-bond acceptors (Lipinski definition) is 13. The van der Waals surface area contributed by atoms with Crippen LogP contribution in [0.15, 0.2) is 39.5 Å². The molecule has 3 atom stereocenters. The Balaban J connectivity index is 1.49. The van der Waals surface area contributed by atoms with Crippen LogP contribution in [0.1, 0.15) is 19.0 Å². The summed E-state index contributed by atoms with van der Waals surface area (Å²) in [6, 6.07) is -0.960. The summed E-state index contributed by atoms with van der Waals surface area (Å²) in [7, 11) is 0. The highest BCUT2D eigenvalue weighted by molar-refractivity contribution is 8.14. The molecule has 1 aromatic rings. The average molecular weight is 594 g/mol. The highest BCUT2D eigenvalue weighted by Crippen LogP contribution is 2.41. The van der Waals surface area contributed by atoms with Gasteiger partial charge in [-0.2, -0.15) is 0 Å². The number of amides is 2.